The van der Waals surface area contributed by atoms with Crippen LogP contribution in [0.5, 0.6) is 0 Å². The maximum Gasteiger partial charge on any atom is 0.262 e. The highest BCUT2D eigenvalue weighted by Crippen LogP contribution is 2.23. The summed E-state index contributed by atoms with van der Waals surface area (Å²) in [4.78, 5) is 33.3. The summed E-state index contributed by atoms with van der Waals surface area (Å²) in [5.41, 5.74) is 1.79. The molecule has 1 aromatic carbocycles. The number of nitrogens with one attached hydrogen (secondary N) is 3. The Hall–Kier alpha value is -2.19. The Labute approximate surface area is 169 Å². The normalized spacial score (nSPS) is 13.5. The van der Waals surface area contributed by atoms with Crippen molar-refractivity contribution in [2.24, 2.45) is 5.92 Å². The van der Waals surface area contributed by atoms with Crippen molar-refractivity contribution >= 4 is 50.1 Å². The number of H-pyrrole nitrogens is 1. The molecule has 0 spiro atoms. The first kappa shape index (κ1) is 19.6. The van der Waals surface area contributed by atoms with Gasteiger partial charge in [0.25, 0.3) is 5.91 Å². The third-order valence-electron chi connectivity index (χ3n) is 4.20. The number of hydrogen-bond acceptors (Lipinski definition) is 4. The predicted octanol–water partition coefficient (Wildman–Crippen LogP) is 4.02. The van der Waals surface area contributed by atoms with Crippen LogP contribution >= 0.6 is 27.3 Å². The third kappa shape index (κ3) is 4.56. The van der Waals surface area contributed by atoms with E-state index < -0.39 is 6.04 Å². The van der Waals surface area contributed by atoms with Crippen LogP contribution < -0.4 is 10.6 Å². The zero-order chi connectivity index (χ0) is 19.6. The van der Waals surface area contributed by atoms with Crippen LogP contribution in [0.4, 0.5) is 0 Å². The van der Waals surface area contributed by atoms with Crippen molar-refractivity contribution in [3.63, 3.8) is 0 Å². The molecule has 3 rings (SSSR count). The number of para-hydroxylation sites is 2. The minimum absolute atomic E-state index is 0.130. The van der Waals surface area contributed by atoms with Gasteiger partial charge < -0.3 is 15.6 Å². The molecule has 0 radical (unpaired) electrons. The number of hydrogen-bond donors (Lipinski definition) is 3. The molecule has 2 heterocycles. The Morgan fingerprint density at radius 1 is 1.11 bits per heavy atom. The average Bonchev–Trinajstić information content (AvgIpc) is 3.24. The van der Waals surface area contributed by atoms with E-state index >= 15 is 0 Å². The molecule has 6 nitrogen and oxygen atoms in total. The van der Waals surface area contributed by atoms with Gasteiger partial charge in [0.2, 0.25) is 5.91 Å². The average molecular weight is 449 g/mol. The summed E-state index contributed by atoms with van der Waals surface area (Å²) in [7, 11) is 0. The van der Waals surface area contributed by atoms with Crippen molar-refractivity contribution in [2.45, 2.75) is 32.9 Å². The molecular formula is C19H21BrN4O2S. The predicted molar refractivity (Wildman–Crippen MR) is 111 cm³/mol. The molecule has 2 atom stereocenters. The molecule has 2 aromatic heterocycles. The number of fused-ring (bicyclic) bond motifs is 1. The molecule has 2 unspecified atom stereocenters. The number of thiophene rings is 1. The number of carbonyl (C=O) groups is 2. The fourth-order valence-corrected chi connectivity index (χ4v) is 4.01. The van der Waals surface area contributed by atoms with E-state index in [1.165, 1.54) is 11.3 Å². The topological polar surface area (TPSA) is 86.9 Å². The van der Waals surface area contributed by atoms with Crippen molar-refractivity contribution in [2.75, 3.05) is 0 Å². The van der Waals surface area contributed by atoms with Gasteiger partial charge in [-0.15, -0.1) is 11.3 Å². The Kier molecular flexibility index (Phi) is 5.96. The first-order valence-corrected chi connectivity index (χ1v) is 10.3. The lowest BCUT2D eigenvalue weighted by molar-refractivity contribution is -0.123. The summed E-state index contributed by atoms with van der Waals surface area (Å²) in [5, 5.41) is 5.74. The van der Waals surface area contributed by atoms with Gasteiger partial charge in [0.15, 0.2) is 0 Å². The van der Waals surface area contributed by atoms with Gasteiger partial charge in [0, 0.05) is 0 Å². The molecule has 2 amide bonds. The summed E-state index contributed by atoms with van der Waals surface area (Å²) in [6.07, 6.45) is 0. The van der Waals surface area contributed by atoms with Crippen LogP contribution in [0, 0.1) is 5.92 Å². The second kappa shape index (κ2) is 8.22. The van der Waals surface area contributed by atoms with E-state index in [9.17, 15) is 9.59 Å². The van der Waals surface area contributed by atoms with Crippen molar-refractivity contribution in [3.05, 3.63) is 50.9 Å². The van der Waals surface area contributed by atoms with E-state index in [0.717, 1.165) is 14.8 Å². The standard InChI is InChI=1S/C19H21BrN4O2S/c1-10(2)16(17-22-12-6-4-5-7-13(12)23-17)24-18(25)11(3)21-19(26)14-8-9-15(20)27-14/h4-11,16H,1-3H3,(H,21,26)(H,22,23)(H,24,25). The van der Waals surface area contributed by atoms with Gasteiger partial charge in [0.05, 0.1) is 25.7 Å². The second-order valence-corrected chi connectivity index (χ2v) is 9.13. The summed E-state index contributed by atoms with van der Waals surface area (Å²) in [5.74, 6) is 0.322. The van der Waals surface area contributed by atoms with E-state index in [0.29, 0.717) is 10.7 Å². The van der Waals surface area contributed by atoms with Crippen molar-refractivity contribution < 1.29 is 9.59 Å². The third-order valence-corrected chi connectivity index (χ3v) is 5.83. The molecular weight excluding hydrogens is 428 g/mol. The van der Waals surface area contributed by atoms with Gasteiger partial charge in [-0.25, -0.2) is 4.98 Å². The maximum absolute atomic E-state index is 12.6. The molecule has 142 valence electrons. The first-order chi connectivity index (χ1) is 12.8. The summed E-state index contributed by atoms with van der Waals surface area (Å²) >= 11 is 4.66. The smallest absolute Gasteiger partial charge is 0.262 e. The summed E-state index contributed by atoms with van der Waals surface area (Å²) < 4.78 is 0.870. The van der Waals surface area contributed by atoms with E-state index in [1.807, 2.05) is 38.1 Å². The molecule has 8 heteroatoms. The number of benzene rings is 1. The maximum atomic E-state index is 12.6. The Balaban J connectivity index is 1.70. The summed E-state index contributed by atoms with van der Waals surface area (Å²) in [6, 6.07) is 10.3. The number of rotatable bonds is 6. The van der Waals surface area contributed by atoms with E-state index in [4.69, 9.17) is 0 Å². The second-order valence-electron chi connectivity index (χ2n) is 6.67. The van der Waals surface area contributed by atoms with Crippen molar-refractivity contribution in [1.82, 2.24) is 20.6 Å². The quantitative estimate of drug-likeness (QED) is 0.531. The van der Waals surface area contributed by atoms with Crippen molar-refractivity contribution in [1.29, 1.82) is 0 Å². The first-order valence-electron chi connectivity index (χ1n) is 8.66. The molecule has 3 N–H and O–H groups in total. The van der Waals surface area contributed by atoms with Crippen LogP contribution in [0.3, 0.4) is 0 Å². The van der Waals surface area contributed by atoms with Gasteiger partial charge in [0.1, 0.15) is 11.9 Å². The van der Waals surface area contributed by atoms with Gasteiger partial charge in [-0.05, 0) is 53.0 Å². The van der Waals surface area contributed by atoms with Crippen molar-refractivity contribution in [3.8, 4) is 0 Å². The number of aromatic nitrogens is 2. The molecule has 0 fully saturated rings. The number of carbonyl (C=O) groups excluding carboxylic acids is 2. The lowest BCUT2D eigenvalue weighted by Gasteiger charge is -2.23. The highest BCUT2D eigenvalue weighted by Gasteiger charge is 2.25. The number of nitrogens with zero attached hydrogens (tertiary/aromatic N) is 1. The Morgan fingerprint density at radius 2 is 1.85 bits per heavy atom. The fourth-order valence-electron chi connectivity index (χ4n) is 2.72. The SMILES string of the molecule is CC(NC(=O)c1ccc(Br)s1)C(=O)NC(c1nc2ccccc2[nH]1)C(C)C. The number of amides is 2. The lowest BCUT2D eigenvalue weighted by atomic mass is 10.0. The van der Waals surface area contributed by atoms with Gasteiger partial charge in [-0.1, -0.05) is 26.0 Å². The Bertz CT molecular complexity index is 932. The minimum atomic E-state index is -0.663. The molecule has 0 aliphatic rings. The van der Waals surface area contributed by atoms with Crippen LogP contribution in [-0.4, -0.2) is 27.8 Å². The minimum Gasteiger partial charge on any atom is -0.344 e. The van der Waals surface area contributed by atoms with Gasteiger partial charge >= 0.3 is 0 Å². The van der Waals surface area contributed by atoms with Crippen LogP contribution in [-0.2, 0) is 4.79 Å². The Morgan fingerprint density at radius 3 is 2.48 bits per heavy atom. The summed E-state index contributed by atoms with van der Waals surface area (Å²) in [6.45, 7) is 5.71. The van der Waals surface area contributed by atoms with E-state index in [2.05, 4.69) is 36.5 Å². The van der Waals surface area contributed by atoms with Crippen LogP contribution in [0.15, 0.2) is 40.2 Å². The highest BCUT2D eigenvalue weighted by atomic mass is 79.9. The van der Waals surface area contributed by atoms with E-state index in [-0.39, 0.29) is 23.8 Å². The number of halogens is 1. The van der Waals surface area contributed by atoms with Gasteiger partial charge in [-0.2, -0.15) is 0 Å². The largest absolute Gasteiger partial charge is 0.344 e. The molecule has 0 aliphatic carbocycles. The van der Waals surface area contributed by atoms with Crippen LogP contribution in [0.2, 0.25) is 0 Å². The lowest BCUT2D eigenvalue weighted by Crippen LogP contribution is -2.46. The molecule has 27 heavy (non-hydrogen) atoms. The molecule has 3 aromatic rings. The molecule has 0 bridgehead atoms. The van der Waals surface area contributed by atoms with Crippen LogP contribution in [0.25, 0.3) is 11.0 Å². The van der Waals surface area contributed by atoms with Crippen LogP contribution in [0.1, 0.15) is 42.3 Å². The number of aromatic amines is 1. The zero-order valence-corrected chi connectivity index (χ0v) is 17.6. The molecule has 0 aliphatic heterocycles. The molecule has 0 saturated heterocycles. The fraction of sp³-hybridized carbons (Fsp3) is 0.316. The highest BCUT2D eigenvalue weighted by molar-refractivity contribution is 9.11. The van der Waals surface area contributed by atoms with E-state index in [1.54, 1.807) is 19.1 Å². The zero-order valence-electron chi connectivity index (χ0n) is 15.2. The molecule has 0 saturated carbocycles. The van der Waals surface area contributed by atoms with Gasteiger partial charge in [-0.3, -0.25) is 9.59 Å². The number of imidazole rings is 1. The monoisotopic (exact) mass is 448 g/mol.